The fourth-order valence-electron chi connectivity index (χ4n) is 4.21. The zero-order valence-electron chi connectivity index (χ0n) is 21.7. The average molecular weight is 523 g/mol. The number of carbonyl (C=O) groups is 1. The van der Waals surface area contributed by atoms with Crippen molar-refractivity contribution in [3.05, 3.63) is 102 Å². The number of hydrogen-bond acceptors (Lipinski definition) is 8. The van der Waals surface area contributed by atoms with E-state index >= 15 is 0 Å². The number of nitrogens with zero attached hydrogens (tertiary/aromatic N) is 5. The maximum absolute atomic E-state index is 13.2. The van der Waals surface area contributed by atoms with Crippen molar-refractivity contribution >= 4 is 34.4 Å². The van der Waals surface area contributed by atoms with Gasteiger partial charge >= 0.3 is 0 Å². The maximum atomic E-state index is 13.2. The van der Waals surface area contributed by atoms with Crippen LogP contribution in [0.3, 0.4) is 0 Å². The number of pyridine rings is 1. The van der Waals surface area contributed by atoms with Crippen LogP contribution in [0.5, 0.6) is 0 Å². The normalized spacial score (nSPS) is 11.9. The molecule has 0 aliphatic rings. The monoisotopic (exact) mass is 522 g/mol. The lowest BCUT2D eigenvalue weighted by Crippen LogP contribution is -2.26. The summed E-state index contributed by atoms with van der Waals surface area (Å²) in [7, 11) is 0. The largest absolute Gasteiger partial charge is 0.394 e. The first-order chi connectivity index (χ1) is 19.0. The Kier molecular flexibility index (Phi) is 7.74. The number of amides is 1. The predicted octanol–water partition coefficient (Wildman–Crippen LogP) is 4.62. The van der Waals surface area contributed by atoms with Crippen LogP contribution in [-0.2, 0) is 6.54 Å². The summed E-state index contributed by atoms with van der Waals surface area (Å²) in [5, 5.41) is 24.8. The second-order valence-electron chi connectivity index (χ2n) is 9.35. The Morgan fingerprint density at radius 1 is 0.974 bits per heavy atom. The average Bonchev–Trinajstić information content (AvgIpc) is 3.39. The molecule has 0 saturated heterocycles. The van der Waals surface area contributed by atoms with E-state index in [1.807, 2.05) is 71.4 Å². The number of aliphatic hydroxyl groups excluding tert-OH is 1. The van der Waals surface area contributed by atoms with Crippen LogP contribution in [0.15, 0.2) is 85.3 Å². The van der Waals surface area contributed by atoms with Gasteiger partial charge in [-0.25, -0.2) is 9.97 Å². The highest BCUT2D eigenvalue weighted by Crippen LogP contribution is 2.25. The van der Waals surface area contributed by atoms with Crippen molar-refractivity contribution in [3.8, 4) is 0 Å². The van der Waals surface area contributed by atoms with Gasteiger partial charge in [0, 0.05) is 36.4 Å². The Labute approximate surface area is 226 Å². The van der Waals surface area contributed by atoms with Crippen LogP contribution in [0.4, 0.5) is 17.6 Å². The molecule has 3 aromatic heterocycles. The molecule has 2 aromatic carbocycles. The topological polar surface area (TPSA) is 130 Å². The standard InChI is InChI=1S/C29H30N8O2/c1-19(2)37-25-13-26(30-15-22(25)16-33-37)35-29-32-17-23(28(39)31-14-20-9-5-3-6-10-20)27(36-29)34-24(18-38)21-11-7-4-8-12-21/h3-13,15-17,19,24,38H,14,18H2,1-2H3,(H,31,39)(H2,30,32,34,35,36). The predicted molar refractivity (Wildman–Crippen MR) is 151 cm³/mol. The van der Waals surface area contributed by atoms with E-state index in [2.05, 4.69) is 49.8 Å². The molecular weight excluding hydrogens is 492 g/mol. The second kappa shape index (κ2) is 11.7. The molecule has 1 amide bonds. The minimum Gasteiger partial charge on any atom is -0.394 e. The minimum atomic E-state index is -0.482. The minimum absolute atomic E-state index is 0.187. The van der Waals surface area contributed by atoms with Gasteiger partial charge < -0.3 is 21.1 Å². The molecule has 4 N–H and O–H groups in total. The number of rotatable bonds is 10. The van der Waals surface area contributed by atoms with Gasteiger partial charge in [-0.1, -0.05) is 60.7 Å². The van der Waals surface area contributed by atoms with Gasteiger partial charge in [0.15, 0.2) is 0 Å². The summed E-state index contributed by atoms with van der Waals surface area (Å²) in [6.45, 7) is 4.29. The number of aromatic nitrogens is 5. The molecule has 0 radical (unpaired) electrons. The lowest BCUT2D eigenvalue weighted by Gasteiger charge is -2.20. The molecule has 198 valence electrons. The number of aliphatic hydroxyl groups is 1. The lowest BCUT2D eigenvalue weighted by molar-refractivity contribution is 0.0951. The van der Waals surface area contributed by atoms with Crippen molar-refractivity contribution in [3.63, 3.8) is 0 Å². The Morgan fingerprint density at radius 3 is 2.44 bits per heavy atom. The van der Waals surface area contributed by atoms with E-state index in [0.29, 0.717) is 12.4 Å². The van der Waals surface area contributed by atoms with Crippen molar-refractivity contribution in [2.45, 2.75) is 32.5 Å². The van der Waals surface area contributed by atoms with Crippen LogP contribution in [-0.4, -0.2) is 42.4 Å². The molecule has 0 bridgehead atoms. The zero-order valence-corrected chi connectivity index (χ0v) is 21.7. The van der Waals surface area contributed by atoms with Gasteiger partial charge in [-0.2, -0.15) is 10.1 Å². The molecule has 1 atom stereocenters. The summed E-state index contributed by atoms with van der Waals surface area (Å²) in [6.07, 6.45) is 4.99. The molecule has 0 fully saturated rings. The van der Waals surface area contributed by atoms with Crippen molar-refractivity contribution in [1.29, 1.82) is 0 Å². The summed E-state index contributed by atoms with van der Waals surface area (Å²) >= 11 is 0. The summed E-state index contributed by atoms with van der Waals surface area (Å²) in [4.78, 5) is 26.7. The van der Waals surface area contributed by atoms with Crippen LogP contribution in [0.2, 0.25) is 0 Å². The maximum Gasteiger partial charge on any atom is 0.256 e. The highest BCUT2D eigenvalue weighted by atomic mass is 16.3. The van der Waals surface area contributed by atoms with Crippen LogP contribution in [0.1, 0.15) is 47.4 Å². The molecule has 1 unspecified atom stereocenters. The smallest absolute Gasteiger partial charge is 0.256 e. The van der Waals surface area contributed by atoms with E-state index in [9.17, 15) is 9.90 Å². The highest BCUT2D eigenvalue weighted by molar-refractivity contribution is 5.98. The SMILES string of the molecule is CC(C)n1ncc2cnc(Nc3ncc(C(=O)NCc4ccccc4)c(NC(CO)c4ccccc4)n3)cc21. The third-order valence-electron chi connectivity index (χ3n) is 6.23. The Bertz CT molecular complexity index is 1550. The van der Waals surface area contributed by atoms with Crippen LogP contribution < -0.4 is 16.0 Å². The van der Waals surface area contributed by atoms with Crippen LogP contribution in [0, 0.1) is 0 Å². The van der Waals surface area contributed by atoms with Crippen molar-refractivity contribution in [1.82, 2.24) is 30.0 Å². The Balaban J connectivity index is 1.44. The molecule has 5 rings (SSSR count). The van der Waals surface area contributed by atoms with Crippen LogP contribution >= 0.6 is 0 Å². The summed E-state index contributed by atoms with van der Waals surface area (Å²) < 4.78 is 1.92. The van der Waals surface area contributed by atoms with Crippen molar-refractivity contribution < 1.29 is 9.90 Å². The molecule has 10 heteroatoms. The fraction of sp³-hybridized carbons (Fsp3) is 0.207. The molecule has 10 nitrogen and oxygen atoms in total. The van der Waals surface area contributed by atoms with E-state index < -0.39 is 6.04 Å². The molecule has 0 aliphatic carbocycles. The first-order valence-corrected chi connectivity index (χ1v) is 12.7. The number of nitrogens with one attached hydrogen (secondary N) is 3. The Hall–Kier alpha value is -4.83. The number of carbonyl (C=O) groups excluding carboxylic acids is 1. The second-order valence-corrected chi connectivity index (χ2v) is 9.35. The highest BCUT2D eigenvalue weighted by Gasteiger charge is 2.19. The quantitative estimate of drug-likeness (QED) is 0.209. The lowest BCUT2D eigenvalue weighted by atomic mass is 10.1. The summed E-state index contributed by atoms with van der Waals surface area (Å²) in [6, 6.07) is 20.7. The Morgan fingerprint density at radius 2 is 1.72 bits per heavy atom. The third kappa shape index (κ3) is 6.02. The van der Waals surface area contributed by atoms with E-state index in [1.54, 1.807) is 12.4 Å². The summed E-state index contributed by atoms with van der Waals surface area (Å²) in [5.74, 6) is 0.746. The van der Waals surface area contributed by atoms with Gasteiger partial charge in [-0.05, 0) is 25.0 Å². The molecule has 39 heavy (non-hydrogen) atoms. The van der Waals surface area contributed by atoms with Gasteiger partial charge in [0.05, 0.1) is 24.4 Å². The van der Waals surface area contributed by atoms with Crippen molar-refractivity contribution in [2.24, 2.45) is 0 Å². The van der Waals surface area contributed by atoms with E-state index in [0.717, 1.165) is 22.0 Å². The molecule has 0 aliphatic heterocycles. The van der Waals surface area contributed by atoms with Crippen LogP contribution in [0.25, 0.3) is 10.9 Å². The van der Waals surface area contributed by atoms with E-state index in [4.69, 9.17) is 0 Å². The summed E-state index contributed by atoms with van der Waals surface area (Å²) in [5.41, 5.74) is 3.02. The number of hydrogen-bond donors (Lipinski definition) is 4. The van der Waals surface area contributed by atoms with Gasteiger partial charge in [0.1, 0.15) is 17.2 Å². The number of fused-ring (bicyclic) bond motifs is 1. The van der Waals surface area contributed by atoms with E-state index in [1.165, 1.54) is 6.20 Å². The third-order valence-corrected chi connectivity index (χ3v) is 6.23. The molecule has 5 aromatic rings. The fourth-order valence-corrected chi connectivity index (χ4v) is 4.21. The van der Waals surface area contributed by atoms with E-state index in [-0.39, 0.29) is 35.9 Å². The molecule has 3 heterocycles. The molecule has 0 spiro atoms. The molecule has 0 saturated carbocycles. The first-order valence-electron chi connectivity index (χ1n) is 12.7. The van der Waals surface area contributed by atoms with Gasteiger partial charge in [0.2, 0.25) is 5.95 Å². The van der Waals surface area contributed by atoms with Gasteiger partial charge in [-0.3, -0.25) is 9.48 Å². The van der Waals surface area contributed by atoms with Gasteiger partial charge in [-0.15, -0.1) is 0 Å². The van der Waals surface area contributed by atoms with Gasteiger partial charge in [0.25, 0.3) is 5.91 Å². The van der Waals surface area contributed by atoms with Crippen molar-refractivity contribution in [2.75, 3.05) is 17.2 Å². The molecular formula is C29H30N8O2. The zero-order chi connectivity index (χ0) is 27.2. The number of anilines is 3. The number of benzene rings is 2. The first kappa shape index (κ1) is 25.8.